The van der Waals surface area contributed by atoms with Gasteiger partial charge in [-0.3, -0.25) is 4.79 Å². The molecule has 142 valence electrons. The van der Waals surface area contributed by atoms with Gasteiger partial charge >= 0.3 is 0 Å². The van der Waals surface area contributed by atoms with Crippen LogP contribution in [0.15, 0.2) is 64.8 Å². The molecule has 0 bridgehead atoms. The van der Waals surface area contributed by atoms with E-state index in [9.17, 15) is 4.79 Å². The number of amides is 1. The number of rotatable bonds is 8. The second kappa shape index (κ2) is 8.62. The fourth-order valence-electron chi connectivity index (χ4n) is 2.75. The van der Waals surface area contributed by atoms with Crippen LogP contribution in [0.3, 0.4) is 0 Å². The molecule has 1 aromatic carbocycles. The van der Waals surface area contributed by atoms with Crippen molar-refractivity contribution in [1.82, 2.24) is 25.2 Å². The third-order valence-electron chi connectivity index (χ3n) is 4.22. The number of hydrogen-bond donors (Lipinski definition) is 1. The quantitative estimate of drug-likeness (QED) is 0.496. The maximum Gasteiger partial charge on any atom is 0.227 e. The van der Waals surface area contributed by atoms with Crippen LogP contribution in [0.4, 0.5) is 0 Å². The Balaban J connectivity index is 1.20. The first kappa shape index (κ1) is 18.1. The Morgan fingerprint density at radius 2 is 2.04 bits per heavy atom. The van der Waals surface area contributed by atoms with Crippen LogP contribution < -0.4 is 5.32 Å². The molecule has 0 aliphatic rings. The van der Waals surface area contributed by atoms with Crippen LogP contribution in [0, 0.1) is 0 Å². The SMILES string of the molecule is O=C(CCc1nc(-c2cccs2)no1)NCCc1ccc(-n2cccn2)cc1. The van der Waals surface area contributed by atoms with Crippen molar-refractivity contribution >= 4 is 17.2 Å². The minimum absolute atomic E-state index is 0.0240. The monoisotopic (exact) mass is 393 g/mol. The van der Waals surface area contributed by atoms with E-state index in [0.29, 0.717) is 31.1 Å². The van der Waals surface area contributed by atoms with Crippen molar-refractivity contribution in [3.05, 3.63) is 71.7 Å². The average Bonchev–Trinajstić information content (AvgIpc) is 3.49. The molecule has 0 fully saturated rings. The van der Waals surface area contributed by atoms with Crippen molar-refractivity contribution in [2.24, 2.45) is 0 Å². The molecular weight excluding hydrogens is 374 g/mol. The number of carbonyl (C=O) groups excluding carboxylic acids is 1. The molecule has 0 atom stereocenters. The van der Waals surface area contributed by atoms with E-state index < -0.39 is 0 Å². The third kappa shape index (κ3) is 4.52. The predicted molar refractivity (Wildman–Crippen MR) is 106 cm³/mol. The maximum absolute atomic E-state index is 12.0. The number of hydrogen-bond acceptors (Lipinski definition) is 6. The molecule has 0 saturated carbocycles. The molecule has 0 radical (unpaired) electrons. The van der Waals surface area contributed by atoms with Crippen LogP contribution in [0.5, 0.6) is 0 Å². The first-order valence-electron chi connectivity index (χ1n) is 9.00. The zero-order chi connectivity index (χ0) is 19.2. The number of carbonyl (C=O) groups is 1. The van der Waals surface area contributed by atoms with E-state index in [2.05, 4.69) is 20.6 Å². The molecule has 0 aliphatic heterocycles. The van der Waals surface area contributed by atoms with E-state index >= 15 is 0 Å². The molecule has 1 N–H and O–H groups in total. The van der Waals surface area contributed by atoms with Crippen molar-refractivity contribution < 1.29 is 9.32 Å². The van der Waals surface area contributed by atoms with Crippen LogP contribution in [0.2, 0.25) is 0 Å². The Hall–Kier alpha value is -3.26. The van der Waals surface area contributed by atoms with E-state index in [0.717, 1.165) is 22.5 Å². The lowest BCUT2D eigenvalue weighted by Gasteiger charge is -2.06. The van der Waals surface area contributed by atoms with Crippen molar-refractivity contribution in [3.63, 3.8) is 0 Å². The molecule has 3 heterocycles. The molecule has 8 heteroatoms. The summed E-state index contributed by atoms with van der Waals surface area (Å²) >= 11 is 1.55. The normalized spacial score (nSPS) is 10.9. The molecule has 0 unspecified atom stereocenters. The van der Waals surface area contributed by atoms with E-state index in [4.69, 9.17) is 4.52 Å². The maximum atomic E-state index is 12.0. The standard InChI is InChI=1S/C20H19N5O2S/c26-18(8-9-19-23-20(24-27-19)17-3-1-14-28-17)21-12-10-15-4-6-16(7-5-15)25-13-2-11-22-25/h1-7,11,13-14H,8-10,12H2,(H,21,26). The van der Waals surface area contributed by atoms with Gasteiger partial charge in [0, 0.05) is 31.8 Å². The van der Waals surface area contributed by atoms with Gasteiger partial charge in [0.05, 0.1) is 10.6 Å². The summed E-state index contributed by atoms with van der Waals surface area (Å²) in [5.74, 6) is 1.03. The van der Waals surface area contributed by atoms with E-state index in [1.807, 2.05) is 58.7 Å². The predicted octanol–water partition coefficient (Wildman–Crippen LogP) is 3.28. The van der Waals surface area contributed by atoms with E-state index in [1.165, 1.54) is 0 Å². The molecule has 4 aromatic rings. The van der Waals surface area contributed by atoms with Gasteiger partial charge in [-0.1, -0.05) is 23.4 Å². The summed E-state index contributed by atoms with van der Waals surface area (Å²) in [6.07, 6.45) is 5.18. The number of thiophene rings is 1. The van der Waals surface area contributed by atoms with Gasteiger partial charge in [-0.2, -0.15) is 10.1 Å². The highest BCUT2D eigenvalue weighted by Gasteiger charge is 2.11. The Labute approximate surface area is 166 Å². The summed E-state index contributed by atoms with van der Waals surface area (Å²) in [5.41, 5.74) is 2.17. The summed E-state index contributed by atoms with van der Waals surface area (Å²) < 4.78 is 7.03. The van der Waals surface area contributed by atoms with Crippen molar-refractivity contribution in [2.75, 3.05) is 6.54 Å². The fourth-order valence-corrected chi connectivity index (χ4v) is 3.40. The molecule has 0 spiro atoms. The minimum atomic E-state index is -0.0240. The van der Waals surface area contributed by atoms with Crippen LogP contribution in [0.1, 0.15) is 17.9 Å². The second-order valence-electron chi connectivity index (χ2n) is 6.21. The van der Waals surface area contributed by atoms with Crippen LogP contribution in [-0.2, 0) is 17.6 Å². The number of aromatic nitrogens is 4. The second-order valence-corrected chi connectivity index (χ2v) is 7.15. The molecule has 28 heavy (non-hydrogen) atoms. The third-order valence-corrected chi connectivity index (χ3v) is 5.08. The van der Waals surface area contributed by atoms with Gasteiger partial charge < -0.3 is 9.84 Å². The lowest BCUT2D eigenvalue weighted by molar-refractivity contribution is -0.121. The van der Waals surface area contributed by atoms with Crippen LogP contribution >= 0.6 is 11.3 Å². The van der Waals surface area contributed by atoms with Gasteiger partial charge in [-0.15, -0.1) is 11.3 Å². The van der Waals surface area contributed by atoms with Gasteiger partial charge in [0.15, 0.2) is 0 Å². The van der Waals surface area contributed by atoms with Crippen molar-refractivity contribution in [3.8, 4) is 16.4 Å². The molecular formula is C20H19N5O2S. The number of nitrogens with one attached hydrogen (secondary N) is 1. The lowest BCUT2D eigenvalue weighted by atomic mass is 10.1. The first-order chi connectivity index (χ1) is 13.8. The van der Waals surface area contributed by atoms with Gasteiger partial charge in [0.25, 0.3) is 0 Å². The summed E-state index contributed by atoms with van der Waals surface area (Å²) in [6, 6.07) is 13.9. The average molecular weight is 393 g/mol. The van der Waals surface area contributed by atoms with Gasteiger partial charge in [0.1, 0.15) is 0 Å². The zero-order valence-corrected chi connectivity index (χ0v) is 15.9. The topological polar surface area (TPSA) is 85.8 Å². The summed E-state index contributed by atoms with van der Waals surface area (Å²) in [5, 5.41) is 13.1. The first-order valence-corrected chi connectivity index (χ1v) is 9.88. The van der Waals surface area contributed by atoms with Crippen molar-refractivity contribution in [1.29, 1.82) is 0 Å². The Morgan fingerprint density at radius 3 is 2.79 bits per heavy atom. The molecule has 4 rings (SSSR count). The largest absolute Gasteiger partial charge is 0.356 e. The van der Waals surface area contributed by atoms with Crippen LogP contribution in [0.25, 0.3) is 16.4 Å². The number of aryl methyl sites for hydroxylation is 1. The number of nitrogens with zero attached hydrogens (tertiary/aromatic N) is 4. The molecule has 3 aromatic heterocycles. The van der Waals surface area contributed by atoms with E-state index in [1.54, 1.807) is 17.5 Å². The summed E-state index contributed by atoms with van der Waals surface area (Å²) in [4.78, 5) is 17.3. The molecule has 1 amide bonds. The summed E-state index contributed by atoms with van der Waals surface area (Å²) in [6.45, 7) is 0.588. The number of benzene rings is 1. The minimum Gasteiger partial charge on any atom is -0.356 e. The van der Waals surface area contributed by atoms with Crippen LogP contribution in [-0.4, -0.2) is 32.4 Å². The van der Waals surface area contributed by atoms with Gasteiger partial charge in [-0.05, 0) is 41.6 Å². The fraction of sp³-hybridized carbons (Fsp3) is 0.200. The van der Waals surface area contributed by atoms with Gasteiger partial charge in [0.2, 0.25) is 17.6 Å². The highest BCUT2D eigenvalue weighted by atomic mass is 32.1. The molecule has 7 nitrogen and oxygen atoms in total. The van der Waals surface area contributed by atoms with Crippen molar-refractivity contribution in [2.45, 2.75) is 19.3 Å². The summed E-state index contributed by atoms with van der Waals surface area (Å²) in [7, 11) is 0. The molecule has 0 aliphatic carbocycles. The smallest absolute Gasteiger partial charge is 0.227 e. The Morgan fingerprint density at radius 1 is 1.14 bits per heavy atom. The Kier molecular flexibility index (Phi) is 5.58. The zero-order valence-electron chi connectivity index (χ0n) is 15.1. The highest BCUT2D eigenvalue weighted by Crippen LogP contribution is 2.21. The highest BCUT2D eigenvalue weighted by molar-refractivity contribution is 7.13. The molecule has 0 saturated heterocycles. The lowest BCUT2D eigenvalue weighted by Crippen LogP contribution is -2.25. The Bertz CT molecular complexity index is 1010. The van der Waals surface area contributed by atoms with E-state index in [-0.39, 0.29) is 5.91 Å². The van der Waals surface area contributed by atoms with Gasteiger partial charge in [-0.25, -0.2) is 4.68 Å².